The maximum atomic E-state index is 12.2. The highest BCUT2D eigenvalue weighted by Crippen LogP contribution is 2.11. The third kappa shape index (κ3) is 4.49. The topological polar surface area (TPSA) is 145 Å². The highest BCUT2D eigenvalue weighted by atomic mass is 16.2. The summed E-state index contributed by atoms with van der Waals surface area (Å²) in [6.45, 7) is -0.362. The monoisotopic (exact) mass is 380 g/mol. The molecule has 3 aromatic rings. The van der Waals surface area contributed by atoms with E-state index in [1.807, 2.05) is 0 Å². The van der Waals surface area contributed by atoms with Crippen LogP contribution in [0.2, 0.25) is 0 Å². The number of nitrogens with zero attached hydrogens (tertiary/aromatic N) is 1. The van der Waals surface area contributed by atoms with E-state index in [9.17, 15) is 19.2 Å². The molecule has 10 heteroatoms. The van der Waals surface area contributed by atoms with E-state index < -0.39 is 23.4 Å². The lowest BCUT2D eigenvalue weighted by molar-refractivity contribution is -0.120. The van der Waals surface area contributed by atoms with Crippen molar-refractivity contribution in [1.82, 2.24) is 26.4 Å². The molecule has 5 N–H and O–H groups in total. The zero-order valence-corrected chi connectivity index (χ0v) is 14.5. The first-order valence-electron chi connectivity index (χ1n) is 8.21. The number of aromatic nitrogens is 2. The summed E-state index contributed by atoms with van der Waals surface area (Å²) in [7, 11) is 0. The molecule has 0 spiro atoms. The summed E-state index contributed by atoms with van der Waals surface area (Å²) in [5.41, 5.74) is 4.45. The van der Waals surface area contributed by atoms with Gasteiger partial charge in [-0.3, -0.25) is 25.2 Å². The van der Waals surface area contributed by atoms with E-state index in [4.69, 9.17) is 0 Å². The van der Waals surface area contributed by atoms with E-state index >= 15 is 0 Å². The average molecular weight is 380 g/mol. The number of aromatic amines is 1. The molecule has 28 heavy (non-hydrogen) atoms. The lowest BCUT2D eigenvalue weighted by Crippen LogP contribution is -2.47. The molecule has 4 amide bonds. The lowest BCUT2D eigenvalue weighted by Gasteiger charge is -2.10. The summed E-state index contributed by atoms with van der Waals surface area (Å²) in [6.07, 6.45) is 0. The number of amides is 4. The van der Waals surface area contributed by atoms with Crippen LogP contribution in [-0.2, 0) is 4.79 Å². The number of urea groups is 1. The van der Waals surface area contributed by atoms with Crippen molar-refractivity contribution in [2.45, 2.75) is 0 Å². The fourth-order valence-electron chi connectivity index (χ4n) is 2.38. The van der Waals surface area contributed by atoms with Crippen LogP contribution in [0, 0.1) is 0 Å². The van der Waals surface area contributed by atoms with Gasteiger partial charge in [-0.15, -0.1) is 0 Å². The molecule has 0 bridgehead atoms. The Balaban J connectivity index is 1.52. The number of para-hydroxylation sites is 1. The highest BCUT2D eigenvalue weighted by Gasteiger charge is 2.14. The maximum absolute atomic E-state index is 12.2. The molecule has 2 aromatic carbocycles. The number of benzene rings is 2. The highest BCUT2D eigenvalue weighted by molar-refractivity contribution is 6.05. The van der Waals surface area contributed by atoms with Crippen LogP contribution in [0.5, 0.6) is 0 Å². The number of H-pyrrole nitrogens is 1. The largest absolute Gasteiger partial charge is 0.329 e. The van der Waals surface area contributed by atoms with Gasteiger partial charge >= 0.3 is 6.03 Å². The number of hydrogen-bond donors (Lipinski definition) is 5. The molecule has 10 nitrogen and oxygen atoms in total. The number of hydrogen-bond acceptors (Lipinski definition) is 5. The van der Waals surface area contributed by atoms with Crippen molar-refractivity contribution in [3.8, 4) is 0 Å². The first kappa shape index (κ1) is 18.6. The molecule has 0 radical (unpaired) electrons. The quantitative estimate of drug-likeness (QED) is 0.419. The molecular weight excluding hydrogens is 364 g/mol. The third-order valence-electron chi connectivity index (χ3n) is 3.67. The number of hydrazine groups is 1. The van der Waals surface area contributed by atoms with Gasteiger partial charge in [0.1, 0.15) is 6.54 Å². The predicted molar refractivity (Wildman–Crippen MR) is 101 cm³/mol. The number of anilines is 1. The van der Waals surface area contributed by atoms with E-state index in [-0.39, 0.29) is 12.2 Å². The van der Waals surface area contributed by atoms with Crippen LogP contribution >= 0.6 is 0 Å². The van der Waals surface area contributed by atoms with Crippen molar-refractivity contribution >= 4 is 34.3 Å². The molecule has 142 valence electrons. The summed E-state index contributed by atoms with van der Waals surface area (Å²) < 4.78 is 0. The fraction of sp³-hybridized carbons (Fsp3) is 0.0556. The van der Waals surface area contributed by atoms with Crippen LogP contribution in [0.1, 0.15) is 10.5 Å². The fourth-order valence-corrected chi connectivity index (χ4v) is 2.38. The molecule has 0 saturated carbocycles. The van der Waals surface area contributed by atoms with Crippen molar-refractivity contribution in [1.29, 1.82) is 0 Å². The number of nitrogens with one attached hydrogen (secondary N) is 5. The Hall–Kier alpha value is -4.21. The summed E-state index contributed by atoms with van der Waals surface area (Å²) in [4.78, 5) is 47.5. The van der Waals surface area contributed by atoms with E-state index in [2.05, 4.69) is 31.7 Å². The van der Waals surface area contributed by atoms with Crippen molar-refractivity contribution < 1.29 is 14.4 Å². The maximum Gasteiger partial charge on any atom is 0.319 e. The van der Waals surface area contributed by atoms with Gasteiger partial charge < -0.3 is 10.6 Å². The van der Waals surface area contributed by atoms with Gasteiger partial charge in [0, 0.05) is 11.1 Å². The Labute approximate surface area is 158 Å². The molecule has 1 heterocycles. The molecule has 0 aliphatic rings. The van der Waals surface area contributed by atoms with Gasteiger partial charge in [-0.1, -0.05) is 36.4 Å². The molecule has 0 fully saturated rings. The van der Waals surface area contributed by atoms with Gasteiger partial charge in [-0.05, 0) is 18.2 Å². The molecule has 0 aliphatic heterocycles. The van der Waals surface area contributed by atoms with Crippen LogP contribution in [0.3, 0.4) is 0 Å². The molecular formula is C18H16N6O4. The van der Waals surface area contributed by atoms with Gasteiger partial charge in [-0.25, -0.2) is 9.89 Å². The van der Waals surface area contributed by atoms with Crippen LogP contribution in [0.25, 0.3) is 10.8 Å². The zero-order chi connectivity index (χ0) is 19.9. The van der Waals surface area contributed by atoms with E-state index in [1.54, 1.807) is 54.6 Å². The van der Waals surface area contributed by atoms with Gasteiger partial charge in [0.15, 0.2) is 5.69 Å². The molecule has 0 unspecified atom stereocenters. The Morgan fingerprint density at radius 3 is 2.32 bits per heavy atom. The Morgan fingerprint density at radius 2 is 1.57 bits per heavy atom. The van der Waals surface area contributed by atoms with Gasteiger partial charge in [0.25, 0.3) is 17.4 Å². The first-order chi connectivity index (χ1) is 13.5. The minimum Gasteiger partial charge on any atom is -0.329 e. The minimum absolute atomic E-state index is 0.0507. The Kier molecular flexibility index (Phi) is 5.60. The second-order valence-electron chi connectivity index (χ2n) is 5.62. The van der Waals surface area contributed by atoms with Crippen LogP contribution in [0.15, 0.2) is 59.4 Å². The van der Waals surface area contributed by atoms with Gasteiger partial charge in [0.05, 0.1) is 5.39 Å². The second kappa shape index (κ2) is 8.45. The van der Waals surface area contributed by atoms with Gasteiger partial charge in [-0.2, -0.15) is 5.10 Å². The molecule has 3 rings (SSSR count). The SMILES string of the molecule is O=C(CNC(=O)Nc1ccccc1)NNC(=O)c1n[nH]c(=O)c2ccccc12. The first-order valence-corrected chi connectivity index (χ1v) is 8.21. The smallest absolute Gasteiger partial charge is 0.319 e. The van der Waals surface area contributed by atoms with Crippen LogP contribution < -0.4 is 27.0 Å². The van der Waals surface area contributed by atoms with Crippen molar-refractivity contribution in [2.24, 2.45) is 0 Å². The summed E-state index contributed by atoms with van der Waals surface area (Å²) in [6, 6.07) is 14.6. The average Bonchev–Trinajstić information content (AvgIpc) is 2.72. The van der Waals surface area contributed by atoms with Crippen LogP contribution in [0.4, 0.5) is 10.5 Å². The van der Waals surface area contributed by atoms with E-state index in [0.29, 0.717) is 16.5 Å². The van der Waals surface area contributed by atoms with Crippen molar-refractivity contribution in [2.75, 3.05) is 11.9 Å². The number of fused-ring (bicyclic) bond motifs is 1. The predicted octanol–water partition coefficient (Wildman–Crippen LogP) is 0.506. The van der Waals surface area contributed by atoms with E-state index in [1.165, 1.54) is 0 Å². The lowest BCUT2D eigenvalue weighted by atomic mass is 10.1. The second-order valence-corrected chi connectivity index (χ2v) is 5.62. The molecule has 0 aliphatic carbocycles. The van der Waals surface area contributed by atoms with Gasteiger partial charge in [0.2, 0.25) is 0 Å². The molecule has 1 aromatic heterocycles. The van der Waals surface area contributed by atoms with Crippen molar-refractivity contribution in [3.05, 3.63) is 70.6 Å². The number of carbonyl (C=O) groups is 3. The summed E-state index contributed by atoms with van der Waals surface area (Å²) in [5.74, 6) is -1.36. The summed E-state index contributed by atoms with van der Waals surface area (Å²) >= 11 is 0. The Bertz CT molecular complexity index is 1080. The number of rotatable bonds is 4. The molecule has 0 saturated heterocycles. The van der Waals surface area contributed by atoms with Crippen molar-refractivity contribution in [3.63, 3.8) is 0 Å². The standard InChI is InChI=1S/C18H16N6O4/c25-14(10-19-18(28)20-11-6-2-1-3-7-11)21-24-17(27)15-12-8-4-5-9-13(12)16(26)23-22-15/h1-9H,10H2,(H,21,25)(H,23,26)(H,24,27)(H2,19,20,28). The summed E-state index contributed by atoms with van der Waals surface area (Å²) in [5, 5.41) is 11.5. The zero-order valence-electron chi connectivity index (χ0n) is 14.5. The normalized spacial score (nSPS) is 10.1. The molecule has 0 atom stereocenters. The number of carbonyl (C=O) groups excluding carboxylic acids is 3. The van der Waals surface area contributed by atoms with Crippen LogP contribution in [-0.4, -0.2) is 34.6 Å². The minimum atomic E-state index is -0.713. The Morgan fingerprint density at radius 1 is 0.893 bits per heavy atom. The third-order valence-corrected chi connectivity index (χ3v) is 3.67. The van der Waals surface area contributed by atoms with E-state index in [0.717, 1.165) is 0 Å².